The largest absolute Gasteiger partial charge is 0.368 e. The molecule has 0 aliphatic carbocycles. The van der Waals surface area contributed by atoms with Gasteiger partial charge in [0, 0.05) is 36.5 Å². The maximum atomic E-state index is 12.0. The van der Waals surface area contributed by atoms with Crippen LogP contribution in [0.25, 0.3) is 0 Å². The second-order valence-electron chi connectivity index (χ2n) is 5.30. The minimum atomic E-state index is -0.0299. The van der Waals surface area contributed by atoms with E-state index in [0.717, 1.165) is 25.2 Å². The van der Waals surface area contributed by atoms with Crippen LogP contribution in [0.15, 0.2) is 36.7 Å². The highest BCUT2D eigenvalue weighted by Gasteiger charge is 2.25. The van der Waals surface area contributed by atoms with Crippen molar-refractivity contribution in [1.29, 1.82) is 0 Å². The fraction of sp³-hybridized carbons (Fsp3) is 0.333. The first-order chi connectivity index (χ1) is 10.6. The number of amides is 1. The van der Waals surface area contributed by atoms with Crippen molar-refractivity contribution in [2.75, 3.05) is 18.0 Å². The van der Waals surface area contributed by atoms with Crippen LogP contribution in [0.1, 0.15) is 6.42 Å². The van der Waals surface area contributed by atoms with Gasteiger partial charge in [-0.3, -0.25) is 9.48 Å². The molecule has 0 radical (unpaired) electrons. The number of carbonyl (C=O) groups is 1. The van der Waals surface area contributed by atoms with E-state index in [0.29, 0.717) is 10.0 Å². The van der Waals surface area contributed by atoms with Crippen molar-refractivity contribution < 1.29 is 4.79 Å². The first kappa shape index (κ1) is 15.2. The van der Waals surface area contributed by atoms with E-state index in [9.17, 15) is 4.79 Å². The summed E-state index contributed by atoms with van der Waals surface area (Å²) in [6, 6.07) is 7.40. The molecule has 0 spiro atoms. The zero-order chi connectivity index (χ0) is 15.5. The van der Waals surface area contributed by atoms with E-state index in [-0.39, 0.29) is 18.5 Å². The molecule has 1 aliphatic heterocycles. The first-order valence-electron chi connectivity index (χ1n) is 7.08. The van der Waals surface area contributed by atoms with Crippen molar-refractivity contribution in [2.24, 2.45) is 0 Å². The van der Waals surface area contributed by atoms with Crippen molar-refractivity contribution in [1.82, 2.24) is 15.1 Å². The van der Waals surface area contributed by atoms with Gasteiger partial charge in [-0.25, -0.2) is 0 Å². The van der Waals surface area contributed by atoms with Crippen molar-refractivity contribution in [3.8, 4) is 0 Å². The zero-order valence-corrected chi connectivity index (χ0v) is 13.4. The summed E-state index contributed by atoms with van der Waals surface area (Å²) in [7, 11) is 0. The number of aromatic nitrogens is 2. The van der Waals surface area contributed by atoms with Gasteiger partial charge in [0.1, 0.15) is 6.54 Å². The van der Waals surface area contributed by atoms with Crippen LogP contribution in [0.3, 0.4) is 0 Å². The molecule has 1 saturated heterocycles. The lowest BCUT2D eigenvalue weighted by Crippen LogP contribution is -2.39. The highest BCUT2D eigenvalue weighted by molar-refractivity contribution is 6.36. The topological polar surface area (TPSA) is 50.2 Å². The first-order valence-corrected chi connectivity index (χ1v) is 7.84. The lowest BCUT2D eigenvalue weighted by Gasteiger charge is -2.20. The monoisotopic (exact) mass is 338 g/mol. The molecule has 2 aromatic rings. The quantitative estimate of drug-likeness (QED) is 0.932. The maximum Gasteiger partial charge on any atom is 0.242 e. The number of nitrogens with zero attached hydrogens (tertiary/aromatic N) is 3. The SMILES string of the molecule is O=C(Cn1cccn1)N[C@H]1CCN(c2ccc(Cl)cc2Cl)C1. The van der Waals surface area contributed by atoms with Gasteiger partial charge in [-0.2, -0.15) is 5.10 Å². The number of hydrogen-bond acceptors (Lipinski definition) is 3. The average Bonchev–Trinajstić information content (AvgIpc) is 3.10. The molecule has 5 nitrogen and oxygen atoms in total. The predicted molar refractivity (Wildman–Crippen MR) is 87.4 cm³/mol. The average molecular weight is 339 g/mol. The van der Waals surface area contributed by atoms with Gasteiger partial charge >= 0.3 is 0 Å². The normalized spacial score (nSPS) is 17.7. The van der Waals surface area contributed by atoms with Gasteiger partial charge in [-0.1, -0.05) is 23.2 Å². The lowest BCUT2D eigenvalue weighted by molar-refractivity contribution is -0.122. The van der Waals surface area contributed by atoms with Crippen LogP contribution >= 0.6 is 23.2 Å². The third kappa shape index (κ3) is 3.54. The van der Waals surface area contributed by atoms with Gasteiger partial charge < -0.3 is 10.2 Å². The lowest BCUT2D eigenvalue weighted by atomic mass is 10.2. The summed E-state index contributed by atoms with van der Waals surface area (Å²) < 4.78 is 1.61. The molecular formula is C15H16Cl2N4O. The Morgan fingerprint density at radius 1 is 1.41 bits per heavy atom. The van der Waals surface area contributed by atoms with Crippen LogP contribution in [0, 0.1) is 0 Å². The standard InChI is InChI=1S/C15H16Cl2N4O/c16-11-2-3-14(13(17)8-11)20-7-4-12(9-20)19-15(22)10-21-6-1-5-18-21/h1-3,5-6,8,12H,4,7,9-10H2,(H,19,22)/t12-/m0/s1. The summed E-state index contributed by atoms with van der Waals surface area (Å²) >= 11 is 12.2. The number of rotatable bonds is 4. The fourth-order valence-electron chi connectivity index (χ4n) is 2.65. The third-order valence-corrected chi connectivity index (χ3v) is 4.21. The molecule has 1 N–H and O–H groups in total. The van der Waals surface area contributed by atoms with Gasteiger partial charge in [0.05, 0.1) is 10.7 Å². The zero-order valence-electron chi connectivity index (χ0n) is 11.9. The molecule has 1 aromatic carbocycles. The van der Waals surface area contributed by atoms with E-state index in [1.807, 2.05) is 12.1 Å². The Balaban J connectivity index is 1.57. The van der Waals surface area contributed by atoms with Crippen molar-refractivity contribution in [3.63, 3.8) is 0 Å². The molecule has 0 unspecified atom stereocenters. The van der Waals surface area contributed by atoms with Crippen LogP contribution < -0.4 is 10.2 Å². The summed E-state index contributed by atoms with van der Waals surface area (Å²) in [5.41, 5.74) is 0.954. The van der Waals surface area contributed by atoms with Gasteiger partial charge in [-0.05, 0) is 30.7 Å². The van der Waals surface area contributed by atoms with E-state index in [1.54, 1.807) is 29.2 Å². The minimum Gasteiger partial charge on any atom is -0.368 e. The van der Waals surface area contributed by atoms with E-state index in [1.165, 1.54) is 0 Å². The summed E-state index contributed by atoms with van der Waals surface area (Å²) in [5, 5.41) is 8.32. The molecule has 1 amide bonds. The van der Waals surface area contributed by atoms with Crippen molar-refractivity contribution in [3.05, 3.63) is 46.7 Å². The van der Waals surface area contributed by atoms with E-state index >= 15 is 0 Å². The molecule has 0 bridgehead atoms. The third-order valence-electron chi connectivity index (χ3n) is 3.67. The molecular weight excluding hydrogens is 323 g/mol. The summed E-state index contributed by atoms with van der Waals surface area (Å²) in [5.74, 6) is -0.0299. The van der Waals surface area contributed by atoms with Gasteiger partial charge in [0.25, 0.3) is 0 Å². The Morgan fingerprint density at radius 3 is 3.00 bits per heavy atom. The smallest absolute Gasteiger partial charge is 0.242 e. The molecule has 1 aliphatic rings. The molecule has 22 heavy (non-hydrogen) atoms. The number of nitrogens with one attached hydrogen (secondary N) is 1. The van der Waals surface area contributed by atoms with E-state index in [2.05, 4.69) is 15.3 Å². The number of carbonyl (C=O) groups excluding carboxylic acids is 1. The van der Waals surface area contributed by atoms with Crippen molar-refractivity contribution in [2.45, 2.75) is 19.0 Å². The van der Waals surface area contributed by atoms with Crippen LogP contribution in [-0.2, 0) is 11.3 Å². The fourth-order valence-corrected chi connectivity index (χ4v) is 3.18. The van der Waals surface area contributed by atoms with E-state index in [4.69, 9.17) is 23.2 Å². The minimum absolute atomic E-state index is 0.0299. The number of halogens is 2. The summed E-state index contributed by atoms with van der Waals surface area (Å²) in [6.45, 7) is 1.84. The molecule has 3 rings (SSSR count). The number of anilines is 1. The predicted octanol–water partition coefficient (Wildman–Crippen LogP) is 2.59. The number of benzene rings is 1. The number of hydrogen-bond donors (Lipinski definition) is 1. The van der Waals surface area contributed by atoms with Gasteiger partial charge in [0.15, 0.2) is 0 Å². The van der Waals surface area contributed by atoms with Crippen LogP contribution in [0.5, 0.6) is 0 Å². The molecule has 1 fully saturated rings. The highest BCUT2D eigenvalue weighted by atomic mass is 35.5. The molecule has 1 aromatic heterocycles. The molecule has 2 heterocycles. The molecule has 116 valence electrons. The second-order valence-corrected chi connectivity index (χ2v) is 6.14. The Kier molecular flexibility index (Phi) is 4.55. The second kappa shape index (κ2) is 6.58. The van der Waals surface area contributed by atoms with Crippen LogP contribution in [0.4, 0.5) is 5.69 Å². The molecule has 0 saturated carbocycles. The van der Waals surface area contributed by atoms with Crippen molar-refractivity contribution >= 4 is 34.8 Å². The Labute approximate surface area is 138 Å². The highest BCUT2D eigenvalue weighted by Crippen LogP contribution is 2.31. The molecule has 1 atom stereocenters. The van der Waals surface area contributed by atoms with Crippen LogP contribution in [-0.4, -0.2) is 34.8 Å². The Morgan fingerprint density at radius 2 is 2.27 bits per heavy atom. The van der Waals surface area contributed by atoms with E-state index < -0.39 is 0 Å². The van der Waals surface area contributed by atoms with Crippen LogP contribution in [0.2, 0.25) is 10.0 Å². The van der Waals surface area contributed by atoms with Gasteiger partial charge in [0.2, 0.25) is 5.91 Å². The Bertz CT molecular complexity index is 660. The Hall–Kier alpha value is -1.72. The maximum absolute atomic E-state index is 12.0. The summed E-state index contributed by atoms with van der Waals surface area (Å²) in [6.07, 6.45) is 4.32. The molecule has 7 heteroatoms. The summed E-state index contributed by atoms with van der Waals surface area (Å²) in [4.78, 5) is 14.2. The van der Waals surface area contributed by atoms with Gasteiger partial charge in [-0.15, -0.1) is 0 Å².